The van der Waals surface area contributed by atoms with E-state index in [0.29, 0.717) is 17.2 Å². The van der Waals surface area contributed by atoms with Crippen LogP contribution in [0, 0.1) is 0 Å². The molecule has 1 aromatic heterocycles. The van der Waals surface area contributed by atoms with E-state index < -0.39 is 0 Å². The lowest BCUT2D eigenvalue weighted by molar-refractivity contribution is 0.323. The Morgan fingerprint density at radius 3 is 2.00 bits per heavy atom. The van der Waals surface area contributed by atoms with Crippen LogP contribution in [-0.2, 0) is 0 Å². The van der Waals surface area contributed by atoms with Crippen LogP contribution in [-0.4, -0.2) is 33.4 Å². The number of aromatic nitrogens is 1. The quantitative estimate of drug-likeness (QED) is 0.395. The number of rotatable bonds is 7. The number of methoxy groups -OCH3 is 4. The molecule has 0 bridgehead atoms. The highest BCUT2D eigenvalue weighted by atomic mass is 32.2. The first-order valence-corrected chi connectivity index (χ1v) is 10.2. The summed E-state index contributed by atoms with van der Waals surface area (Å²) in [5.74, 6) is 2.64. The Labute approximate surface area is 179 Å². The fourth-order valence-corrected chi connectivity index (χ4v) is 4.62. The van der Waals surface area contributed by atoms with Crippen molar-refractivity contribution in [2.75, 3.05) is 28.4 Å². The van der Waals surface area contributed by atoms with Crippen LogP contribution in [0.15, 0.2) is 70.5 Å². The molecule has 4 aromatic rings. The van der Waals surface area contributed by atoms with E-state index in [0.717, 1.165) is 37.7 Å². The number of benzene rings is 3. The van der Waals surface area contributed by atoms with Gasteiger partial charge in [0.1, 0.15) is 5.75 Å². The number of H-pyrrole nitrogens is 1. The molecule has 5 nitrogen and oxygen atoms in total. The number of aromatic amines is 1. The van der Waals surface area contributed by atoms with E-state index in [1.165, 1.54) is 0 Å². The highest BCUT2D eigenvalue weighted by molar-refractivity contribution is 7.99. The van der Waals surface area contributed by atoms with Gasteiger partial charge in [-0.1, -0.05) is 42.1 Å². The van der Waals surface area contributed by atoms with Gasteiger partial charge in [-0.2, -0.15) is 0 Å². The second-order valence-electron chi connectivity index (χ2n) is 6.54. The maximum absolute atomic E-state index is 5.62. The topological polar surface area (TPSA) is 52.7 Å². The first kappa shape index (κ1) is 20.0. The molecule has 0 radical (unpaired) electrons. The SMILES string of the molecule is COc1ccccc1-c1[nH]c2ccccc2c1Sc1cc(OC)c(OC)c(OC)c1. The number of ether oxygens (including phenoxy) is 4. The number of fused-ring (bicyclic) bond motifs is 1. The average Bonchev–Trinajstić information content (AvgIpc) is 3.16. The van der Waals surface area contributed by atoms with E-state index in [1.54, 1.807) is 40.2 Å². The summed E-state index contributed by atoms with van der Waals surface area (Å²) < 4.78 is 22.1. The Morgan fingerprint density at radius 2 is 1.33 bits per heavy atom. The molecule has 0 amide bonds. The second-order valence-corrected chi connectivity index (χ2v) is 7.62. The van der Waals surface area contributed by atoms with E-state index >= 15 is 0 Å². The fourth-order valence-electron chi connectivity index (χ4n) is 3.50. The van der Waals surface area contributed by atoms with E-state index in [-0.39, 0.29) is 0 Å². The summed E-state index contributed by atoms with van der Waals surface area (Å²) in [6.07, 6.45) is 0. The molecular weight excluding hydrogens is 398 g/mol. The fraction of sp³-hybridized carbons (Fsp3) is 0.167. The molecule has 154 valence electrons. The molecule has 1 N–H and O–H groups in total. The third-order valence-electron chi connectivity index (χ3n) is 4.89. The third-order valence-corrected chi connectivity index (χ3v) is 5.99. The smallest absolute Gasteiger partial charge is 0.203 e. The maximum Gasteiger partial charge on any atom is 0.203 e. The van der Waals surface area contributed by atoms with Gasteiger partial charge in [0.05, 0.1) is 34.1 Å². The Hall–Kier alpha value is -3.25. The van der Waals surface area contributed by atoms with Crippen LogP contribution in [0.4, 0.5) is 0 Å². The van der Waals surface area contributed by atoms with Crippen molar-refractivity contribution in [1.29, 1.82) is 0 Å². The van der Waals surface area contributed by atoms with Crippen molar-refractivity contribution in [2.24, 2.45) is 0 Å². The van der Waals surface area contributed by atoms with Gasteiger partial charge < -0.3 is 23.9 Å². The summed E-state index contributed by atoms with van der Waals surface area (Å²) in [5.41, 5.74) is 3.08. The van der Waals surface area contributed by atoms with E-state index in [9.17, 15) is 0 Å². The van der Waals surface area contributed by atoms with Gasteiger partial charge in [0.25, 0.3) is 0 Å². The molecule has 0 spiro atoms. The van der Waals surface area contributed by atoms with Crippen molar-refractivity contribution in [3.05, 3.63) is 60.7 Å². The van der Waals surface area contributed by atoms with Crippen LogP contribution in [0.25, 0.3) is 22.2 Å². The van der Waals surface area contributed by atoms with Crippen molar-refractivity contribution in [2.45, 2.75) is 9.79 Å². The Balaban J connectivity index is 1.89. The predicted molar refractivity (Wildman–Crippen MR) is 121 cm³/mol. The van der Waals surface area contributed by atoms with Crippen molar-refractivity contribution in [3.63, 3.8) is 0 Å². The van der Waals surface area contributed by atoms with Crippen LogP contribution in [0.1, 0.15) is 0 Å². The van der Waals surface area contributed by atoms with Crippen LogP contribution in [0.5, 0.6) is 23.0 Å². The van der Waals surface area contributed by atoms with Gasteiger partial charge in [0.15, 0.2) is 11.5 Å². The summed E-state index contributed by atoms with van der Waals surface area (Å²) in [4.78, 5) is 5.65. The molecule has 0 aliphatic carbocycles. The number of hydrogen-bond acceptors (Lipinski definition) is 5. The van der Waals surface area contributed by atoms with Gasteiger partial charge in [-0.05, 0) is 30.3 Å². The number of para-hydroxylation sites is 2. The molecule has 1 heterocycles. The number of hydrogen-bond donors (Lipinski definition) is 1. The molecule has 0 saturated heterocycles. The van der Waals surface area contributed by atoms with Gasteiger partial charge in [0, 0.05) is 26.3 Å². The highest BCUT2D eigenvalue weighted by Crippen LogP contribution is 2.47. The third kappa shape index (κ3) is 3.55. The predicted octanol–water partition coefficient (Wildman–Crippen LogP) is 6.02. The zero-order valence-corrected chi connectivity index (χ0v) is 18.1. The zero-order chi connectivity index (χ0) is 21.1. The van der Waals surface area contributed by atoms with Crippen molar-refractivity contribution in [3.8, 4) is 34.3 Å². The summed E-state index contributed by atoms with van der Waals surface area (Å²) in [6, 6.07) is 20.2. The first-order valence-electron chi connectivity index (χ1n) is 9.42. The average molecular weight is 422 g/mol. The molecule has 0 unspecified atom stereocenters. The molecular formula is C24H23NO4S. The molecule has 3 aromatic carbocycles. The lowest BCUT2D eigenvalue weighted by Crippen LogP contribution is -1.95. The molecule has 0 aliphatic rings. The van der Waals surface area contributed by atoms with Crippen LogP contribution in [0.2, 0.25) is 0 Å². The van der Waals surface area contributed by atoms with E-state index in [4.69, 9.17) is 18.9 Å². The first-order chi connectivity index (χ1) is 14.7. The molecule has 30 heavy (non-hydrogen) atoms. The molecule has 6 heteroatoms. The minimum atomic E-state index is 0.577. The summed E-state index contributed by atoms with van der Waals surface area (Å²) in [7, 11) is 6.54. The van der Waals surface area contributed by atoms with Gasteiger partial charge in [-0.15, -0.1) is 0 Å². The van der Waals surface area contributed by atoms with Gasteiger partial charge in [-0.3, -0.25) is 0 Å². The van der Waals surface area contributed by atoms with Gasteiger partial charge in [-0.25, -0.2) is 0 Å². The lowest BCUT2D eigenvalue weighted by Gasteiger charge is -2.14. The van der Waals surface area contributed by atoms with Crippen molar-refractivity contribution in [1.82, 2.24) is 4.98 Å². The molecule has 0 aliphatic heterocycles. The van der Waals surface area contributed by atoms with E-state index in [2.05, 4.69) is 23.2 Å². The molecule has 0 saturated carbocycles. The highest BCUT2D eigenvalue weighted by Gasteiger charge is 2.19. The maximum atomic E-state index is 5.62. The second kappa shape index (κ2) is 8.63. The summed E-state index contributed by atoms with van der Waals surface area (Å²) in [5, 5.41) is 1.14. The lowest BCUT2D eigenvalue weighted by atomic mass is 10.1. The minimum absolute atomic E-state index is 0.577. The summed E-state index contributed by atoms with van der Waals surface area (Å²) in [6.45, 7) is 0. The standard InChI is InChI=1S/C24H23NO4S/c1-26-19-12-8-6-10-17(19)22-24(16-9-5-7-11-18(16)25-22)30-15-13-20(27-2)23(29-4)21(14-15)28-3/h5-14,25H,1-4H3. The van der Waals surface area contributed by atoms with Gasteiger partial charge >= 0.3 is 0 Å². The van der Waals surface area contributed by atoms with Crippen LogP contribution in [0.3, 0.4) is 0 Å². The molecule has 0 fully saturated rings. The van der Waals surface area contributed by atoms with Crippen LogP contribution < -0.4 is 18.9 Å². The van der Waals surface area contributed by atoms with Crippen molar-refractivity contribution >= 4 is 22.7 Å². The van der Waals surface area contributed by atoms with E-state index in [1.807, 2.05) is 42.5 Å². The van der Waals surface area contributed by atoms with Crippen LogP contribution >= 0.6 is 11.8 Å². The molecule has 4 rings (SSSR count). The largest absolute Gasteiger partial charge is 0.496 e. The van der Waals surface area contributed by atoms with Gasteiger partial charge in [0.2, 0.25) is 5.75 Å². The minimum Gasteiger partial charge on any atom is -0.496 e. The zero-order valence-electron chi connectivity index (χ0n) is 17.3. The summed E-state index contributed by atoms with van der Waals surface area (Å²) >= 11 is 1.64. The number of nitrogens with one attached hydrogen (secondary N) is 1. The monoisotopic (exact) mass is 421 g/mol. The van der Waals surface area contributed by atoms with Crippen molar-refractivity contribution < 1.29 is 18.9 Å². The normalized spacial score (nSPS) is 10.8. The Kier molecular flexibility index (Phi) is 5.77. The Bertz CT molecular complexity index is 1160. The Morgan fingerprint density at radius 1 is 0.700 bits per heavy atom. The molecule has 0 atom stereocenters.